The molecule has 0 unspecified atom stereocenters. The predicted molar refractivity (Wildman–Crippen MR) is 68.2 cm³/mol. The van der Waals surface area contributed by atoms with Crippen molar-refractivity contribution in [1.82, 2.24) is 0 Å². The third-order valence-corrected chi connectivity index (χ3v) is 3.08. The van der Waals surface area contributed by atoms with Gasteiger partial charge in [-0.05, 0) is 31.5 Å². The first-order valence-electron chi connectivity index (χ1n) is 6.34. The number of ether oxygens (including phenoxy) is 1. The van der Waals surface area contributed by atoms with E-state index in [4.69, 9.17) is 16.2 Å². The van der Waals surface area contributed by atoms with Gasteiger partial charge in [0.05, 0.1) is 18.2 Å². The Hall–Kier alpha value is -1.48. The van der Waals surface area contributed by atoms with E-state index in [0.717, 1.165) is 7.11 Å². The summed E-state index contributed by atoms with van der Waals surface area (Å²) >= 11 is 0. The summed E-state index contributed by atoms with van der Waals surface area (Å²) in [7, 11) is 0.995. The van der Waals surface area contributed by atoms with Crippen LogP contribution in [0.25, 0.3) is 0 Å². The zero-order valence-corrected chi connectivity index (χ0v) is 11.7. The minimum atomic E-state index is -4.98. The lowest BCUT2D eigenvalue weighted by molar-refractivity contribution is -0.143. The van der Waals surface area contributed by atoms with Crippen LogP contribution in [0.3, 0.4) is 0 Å². The van der Waals surface area contributed by atoms with Crippen LogP contribution < -0.4 is 16.2 Å². The van der Waals surface area contributed by atoms with Crippen LogP contribution in [0.1, 0.15) is 35.6 Å². The normalized spacial score (nSPS) is 14.0. The Morgan fingerprint density at radius 2 is 1.68 bits per heavy atom. The molecule has 0 aliphatic carbocycles. The van der Waals surface area contributed by atoms with Gasteiger partial charge in [-0.25, -0.2) is 0 Å². The fraction of sp³-hybridized carbons (Fsp3) is 0.538. The molecule has 0 radical (unpaired) electrons. The van der Waals surface area contributed by atoms with E-state index >= 15 is 0 Å². The average Bonchev–Trinajstić information content (AvgIpc) is 2.41. The van der Waals surface area contributed by atoms with Crippen LogP contribution in [0.15, 0.2) is 12.1 Å². The molecule has 9 heteroatoms. The highest BCUT2D eigenvalue weighted by Gasteiger charge is 2.40. The summed E-state index contributed by atoms with van der Waals surface area (Å²) in [4.78, 5) is 0. The number of nitrogens with two attached hydrogens (primary N) is 2. The van der Waals surface area contributed by atoms with Crippen molar-refractivity contribution in [2.24, 2.45) is 11.5 Å². The zero-order chi connectivity index (χ0) is 17.1. The first-order valence-corrected chi connectivity index (χ1v) is 6.34. The SMILES string of the molecule is COc1cc(C(F)(F)F)cc(C(F)(F)F)c1[C@@H](N)CCCN. The largest absolute Gasteiger partial charge is 0.496 e. The molecule has 22 heavy (non-hydrogen) atoms. The average molecular weight is 330 g/mol. The molecule has 0 aliphatic rings. The summed E-state index contributed by atoms with van der Waals surface area (Å²) in [5.41, 5.74) is 7.60. The van der Waals surface area contributed by atoms with Crippen molar-refractivity contribution in [3.8, 4) is 5.75 Å². The van der Waals surface area contributed by atoms with Crippen molar-refractivity contribution >= 4 is 0 Å². The van der Waals surface area contributed by atoms with E-state index in [1.807, 2.05) is 0 Å². The Labute approximate surface area is 123 Å². The third kappa shape index (κ3) is 4.26. The topological polar surface area (TPSA) is 61.3 Å². The van der Waals surface area contributed by atoms with E-state index in [1.165, 1.54) is 0 Å². The molecule has 0 saturated heterocycles. The molecule has 0 aliphatic heterocycles. The van der Waals surface area contributed by atoms with Crippen LogP contribution in [0, 0.1) is 0 Å². The second-order valence-electron chi connectivity index (χ2n) is 4.67. The summed E-state index contributed by atoms with van der Waals surface area (Å²) in [6.45, 7) is 0.206. The maximum Gasteiger partial charge on any atom is 0.416 e. The van der Waals surface area contributed by atoms with Gasteiger partial charge in [-0.3, -0.25) is 0 Å². The molecular weight excluding hydrogens is 314 g/mol. The molecule has 0 amide bonds. The Morgan fingerprint density at radius 1 is 1.09 bits per heavy atom. The summed E-state index contributed by atoms with van der Waals surface area (Å²) < 4.78 is 82.3. The molecule has 1 aromatic carbocycles. The lowest BCUT2D eigenvalue weighted by atomic mass is 9.93. The fourth-order valence-corrected chi connectivity index (χ4v) is 2.06. The smallest absolute Gasteiger partial charge is 0.416 e. The van der Waals surface area contributed by atoms with Gasteiger partial charge >= 0.3 is 12.4 Å². The molecule has 4 N–H and O–H groups in total. The minimum absolute atomic E-state index is 0.0557. The summed E-state index contributed by atoms with van der Waals surface area (Å²) in [5.74, 6) is -0.535. The lowest BCUT2D eigenvalue weighted by Gasteiger charge is -2.23. The van der Waals surface area contributed by atoms with Gasteiger partial charge in [0.25, 0.3) is 0 Å². The number of rotatable bonds is 5. The van der Waals surface area contributed by atoms with Crippen LogP contribution in [-0.2, 0) is 12.4 Å². The predicted octanol–water partition coefficient (Wildman–Crippen LogP) is 3.47. The number of halogens is 6. The Bertz CT molecular complexity index is 512. The third-order valence-electron chi connectivity index (χ3n) is 3.08. The van der Waals surface area contributed by atoms with Crippen LogP contribution in [0.4, 0.5) is 26.3 Å². The lowest BCUT2D eigenvalue weighted by Crippen LogP contribution is -2.21. The molecule has 1 aromatic rings. The van der Waals surface area contributed by atoms with Gasteiger partial charge in [-0.15, -0.1) is 0 Å². The number of hydrogen-bond donors (Lipinski definition) is 2. The van der Waals surface area contributed by atoms with Gasteiger partial charge in [-0.2, -0.15) is 26.3 Å². The van der Waals surface area contributed by atoms with E-state index in [1.54, 1.807) is 0 Å². The Balaban J connectivity index is 3.52. The standard InChI is InChI=1S/C13H16F6N2O/c1-22-10-6-7(12(14,15)16)5-8(13(17,18)19)11(10)9(21)3-2-4-20/h5-6,9H,2-4,20-21H2,1H3/t9-/m0/s1. The highest BCUT2D eigenvalue weighted by atomic mass is 19.4. The number of benzene rings is 1. The first kappa shape index (κ1) is 18.6. The zero-order valence-electron chi connectivity index (χ0n) is 11.7. The van der Waals surface area contributed by atoms with E-state index in [2.05, 4.69) is 0 Å². The number of alkyl halides is 6. The Morgan fingerprint density at radius 3 is 2.09 bits per heavy atom. The molecule has 0 saturated carbocycles. The van der Waals surface area contributed by atoms with Crippen LogP contribution >= 0.6 is 0 Å². The molecule has 0 heterocycles. The maximum absolute atomic E-state index is 13.1. The van der Waals surface area contributed by atoms with E-state index in [0.29, 0.717) is 12.5 Å². The van der Waals surface area contributed by atoms with Crippen molar-refractivity contribution in [3.63, 3.8) is 0 Å². The van der Waals surface area contributed by atoms with Gasteiger partial charge in [0.2, 0.25) is 0 Å². The maximum atomic E-state index is 13.1. The molecule has 0 aromatic heterocycles. The second kappa shape index (κ2) is 6.74. The van der Waals surface area contributed by atoms with Gasteiger partial charge in [0, 0.05) is 11.6 Å². The van der Waals surface area contributed by atoms with Gasteiger partial charge < -0.3 is 16.2 Å². The monoisotopic (exact) mass is 330 g/mol. The molecule has 3 nitrogen and oxygen atoms in total. The highest BCUT2D eigenvalue weighted by molar-refractivity contribution is 5.48. The van der Waals surface area contributed by atoms with Crippen molar-refractivity contribution in [3.05, 3.63) is 28.8 Å². The fourth-order valence-electron chi connectivity index (χ4n) is 2.06. The molecule has 0 spiro atoms. The number of hydrogen-bond acceptors (Lipinski definition) is 3. The quantitative estimate of drug-likeness (QED) is 0.813. The summed E-state index contributed by atoms with van der Waals surface area (Å²) in [6.07, 6.45) is -9.47. The van der Waals surface area contributed by atoms with Crippen LogP contribution in [0.2, 0.25) is 0 Å². The van der Waals surface area contributed by atoms with Gasteiger partial charge in [0.1, 0.15) is 5.75 Å². The first-order chi connectivity index (χ1) is 10.0. The molecule has 126 valence electrons. The molecule has 0 fully saturated rings. The van der Waals surface area contributed by atoms with Crippen molar-refractivity contribution < 1.29 is 31.1 Å². The summed E-state index contributed by atoms with van der Waals surface area (Å²) in [6, 6.07) is -0.551. The van der Waals surface area contributed by atoms with Crippen molar-refractivity contribution in [2.45, 2.75) is 31.2 Å². The minimum Gasteiger partial charge on any atom is -0.496 e. The molecule has 1 rings (SSSR count). The van der Waals surface area contributed by atoms with Crippen molar-refractivity contribution in [2.75, 3.05) is 13.7 Å². The van der Waals surface area contributed by atoms with E-state index < -0.39 is 40.8 Å². The van der Waals surface area contributed by atoms with Crippen LogP contribution in [0.5, 0.6) is 5.75 Å². The van der Waals surface area contributed by atoms with Crippen molar-refractivity contribution in [1.29, 1.82) is 0 Å². The molecular formula is C13H16F6N2O. The molecule has 1 atom stereocenters. The van der Waals surface area contributed by atoms with Gasteiger partial charge in [-0.1, -0.05) is 0 Å². The summed E-state index contributed by atoms with van der Waals surface area (Å²) in [5, 5.41) is 0. The number of methoxy groups -OCH3 is 1. The second-order valence-corrected chi connectivity index (χ2v) is 4.67. The molecule has 0 bridgehead atoms. The van der Waals surface area contributed by atoms with E-state index in [-0.39, 0.29) is 19.0 Å². The van der Waals surface area contributed by atoms with Crippen LogP contribution in [-0.4, -0.2) is 13.7 Å². The Kier molecular flexibility index (Phi) is 5.69. The van der Waals surface area contributed by atoms with Gasteiger partial charge in [0.15, 0.2) is 0 Å². The van der Waals surface area contributed by atoms with E-state index in [9.17, 15) is 26.3 Å². The highest BCUT2D eigenvalue weighted by Crippen LogP contribution is 2.43.